The average Bonchev–Trinajstić information content (AvgIpc) is 2.58. The molecule has 0 radical (unpaired) electrons. The molecule has 0 aromatic carbocycles. The normalized spacial score (nSPS) is 17.6. The van der Waals surface area contributed by atoms with E-state index in [2.05, 4.69) is 25.7 Å². The molecule has 8 heteroatoms. The molecule has 8 nitrogen and oxygen atoms in total. The van der Waals surface area contributed by atoms with Crippen molar-refractivity contribution in [2.24, 2.45) is 0 Å². The van der Waals surface area contributed by atoms with Crippen LogP contribution < -0.4 is 21.8 Å². The van der Waals surface area contributed by atoms with Crippen molar-refractivity contribution in [2.75, 3.05) is 25.0 Å². The molecule has 1 atom stereocenters. The monoisotopic (exact) mass is 330 g/mol. The summed E-state index contributed by atoms with van der Waals surface area (Å²) in [6, 6.07) is 4.47. The van der Waals surface area contributed by atoms with Crippen LogP contribution in [0.15, 0.2) is 27.8 Å². The Kier molecular flexibility index (Phi) is 5.05. The second-order valence-electron chi connectivity index (χ2n) is 5.99. The molecule has 0 bridgehead atoms. The first-order valence-corrected chi connectivity index (χ1v) is 8.22. The first-order chi connectivity index (χ1) is 11.6. The van der Waals surface area contributed by atoms with Gasteiger partial charge in [-0.2, -0.15) is 0 Å². The summed E-state index contributed by atoms with van der Waals surface area (Å²) >= 11 is 0. The summed E-state index contributed by atoms with van der Waals surface area (Å²) in [6.45, 7) is 4.73. The third-order valence-corrected chi connectivity index (χ3v) is 4.10. The lowest BCUT2D eigenvalue weighted by Crippen LogP contribution is -2.30. The maximum atomic E-state index is 11.7. The number of nitrogens with zero attached hydrogens (tertiary/aromatic N) is 3. The lowest BCUT2D eigenvalue weighted by molar-refractivity contribution is 0.453. The number of aryl methyl sites for hydroxylation is 1. The van der Waals surface area contributed by atoms with Gasteiger partial charge in [0.05, 0.1) is 12.2 Å². The molecule has 24 heavy (non-hydrogen) atoms. The fourth-order valence-electron chi connectivity index (χ4n) is 2.92. The van der Waals surface area contributed by atoms with Crippen LogP contribution in [0.3, 0.4) is 0 Å². The summed E-state index contributed by atoms with van der Waals surface area (Å²) in [5.41, 5.74) is 0.520. The van der Waals surface area contributed by atoms with E-state index in [-0.39, 0.29) is 11.1 Å². The zero-order valence-corrected chi connectivity index (χ0v) is 13.7. The van der Waals surface area contributed by atoms with Gasteiger partial charge < -0.3 is 10.6 Å². The predicted molar refractivity (Wildman–Crippen MR) is 91.4 cm³/mol. The molecule has 1 aliphatic rings. The first kappa shape index (κ1) is 16.4. The molecular formula is C16H22N6O2. The zero-order chi connectivity index (χ0) is 16.9. The van der Waals surface area contributed by atoms with E-state index in [1.165, 1.54) is 16.8 Å². The first-order valence-electron chi connectivity index (χ1n) is 8.22. The van der Waals surface area contributed by atoms with Crippen LogP contribution in [0.1, 0.15) is 30.3 Å². The van der Waals surface area contributed by atoms with Crippen LogP contribution >= 0.6 is 0 Å². The highest BCUT2D eigenvalue weighted by Crippen LogP contribution is 2.23. The van der Waals surface area contributed by atoms with Crippen molar-refractivity contribution < 1.29 is 0 Å². The Labute approximate surface area is 139 Å². The van der Waals surface area contributed by atoms with Gasteiger partial charge in [0, 0.05) is 37.2 Å². The maximum Gasteiger partial charge on any atom is 0.265 e. The van der Waals surface area contributed by atoms with Crippen molar-refractivity contribution in [1.29, 1.82) is 0 Å². The van der Waals surface area contributed by atoms with Gasteiger partial charge in [-0.15, -0.1) is 0 Å². The summed E-state index contributed by atoms with van der Waals surface area (Å²) in [5.74, 6) is 1.88. The molecule has 0 aliphatic carbocycles. The minimum absolute atomic E-state index is 0.232. The smallest absolute Gasteiger partial charge is 0.265 e. The quantitative estimate of drug-likeness (QED) is 0.724. The fourth-order valence-corrected chi connectivity index (χ4v) is 2.92. The minimum atomic E-state index is -0.292. The number of hydrogen-bond donors (Lipinski definition) is 3. The van der Waals surface area contributed by atoms with Gasteiger partial charge in [0.1, 0.15) is 11.6 Å². The Balaban J connectivity index is 1.66. The Morgan fingerprint density at radius 1 is 1.33 bits per heavy atom. The Bertz CT molecular complexity index is 807. The molecule has 3 N–H and O–H groups in total. The van der Waals surface area contributed by atoms with Crippen molar-refractivity contribution in [3.63, 3.8) is 0 Å². The van der Waals surface area contributed by atoms with E-state index in [1.807, 2.05) is 13.0 Å². The van der Waals surface area contributed by atoms with Crippen LogP contribution in [0, 0.1) is 6.92 Å². The molecule has 128 valence electrons. The maximum absolute atomic E-state index is 11.7. The third kappa shape index (κ3) is 4.08. The topological polar surface area (TPSA) is 105 Å². The molecule has 1 aliphatic heterocycles. The summed E-state index contributed by atoms with van der Waals surface area (Å²) in [7, 11) is 0. The van der Waals surface area contributed by atoms with E-state index in [9.17, 15) is 9.59 Å². The lowest BCUT2D eigenvalue weighted by Gasteiger charge is -2.22. The number of H-pyrrole nitrogens is 1. The van der Waals surface area contributed by atoms with Gasteiger partial charge in [-0.25, -0.2) is 14.6 Å². The second kappa shape index (κ2) is 7.39. The SMILES string of the molecule is Cc1nc(NCCn2[nH]c(=O)ccc2=O)cc(C2CCCNC2)n1. The van der Waals surface area contributed by atoms with E-state index in [0.717, 1.165) is 43.3 Å². The molecule has 2 aromatic heterocycles. The lowest BCUT2D eigenvalue weighted by atomic mass is 9.96. The van der Waals surface area contributed by atoms with Gasteiger partial charge in [0.2, 0.25) is 0 Å². The van der Waals surface area contributed by atoms with E-state index >= 15 is 0 Å². The average molecular weight is 330 g/mol. The molecule has 3 rings (SSSR count). The molecule has 0 spiro atoms. The molecule has 1 fully saturated rings. The number of aromatic amines is 1. The van der Waals surface area contributed by atoms with Crippen LogP contribution in [-0.2, 0) is 6.54 Å². The Morgan fingerprint density at radius 3 is 3.00 bits per heavy atom. The van der Waals surface area contributed by atoms with E-state index in [1.54, 1.807) is 0 Å². The molecule has 0 saturated carbocycles. The highest BCUT2D eigenvalue weighted by atomic mass is 16.1. The van der Waals surface area contributed by atoms with Crippen LogP contribution in [0.25, 0.3) is 0 Å². The highest BCUT2D eigenvalue weighted by Gasteiger charge is 2.17. The van der Waals surface area contributed by atoms with E-state index in [4.69, 9.17) is 0 Å². The number of nitrogens with one attached hydrogen (secondary N) is 3. The van der Waals surface area contributed by atoms with Gasteiger partial charge in [-0.05, 0) is 26.3 Å². The van der Waals surface area contributed by atoms with Crippen molar-refractivity contribution in [3.8, 4) is 0 Å². The van der Waals surface area contributed by atoms with Crippen LogP contribution in [0.2, 0.25) is 0 Å². The molecule has 0 amide bonds. The van der Waals surface area contributed by atoms with Crippen LogP contribution in [-0.4, -0.2) is 39.4 Å². The number of hydrogen-bond acceptors (Lipinski definition) is 6. The van der Waals surface area contributed by atoms with Gasteiger partial charge in [0.15, 0.2) is 0 Å². The largest absolute Gasteiger partial charge is 0.368 e. The van der Waals surface area contributed by atoms with Crippen molar-refractivity contribution >= 4 is 5.82 Å². The molecular weight excluding hydrogens is 308 g/mol. The number of rotatable bonds is 5. The predicted octanol–water partition coefficient (Wildman–Crippen LogP) is 0.214. The molecule has 3 heterocycles. The van der Waals surface area contributed by atoms with Gasteiger partial charge in [-0.1, -0.05) is 0 Å². The van der Waals surface area contributed by atoms with Crippen molar-refractivity contribution in [2.45, 2.75) is 32.2 Å². The standard InChI is InChI=1S/C16H22N6O2/c1-11-19-13(12-3-2-6-17-10-12)9-14(20-11)18-7-8-22-16(24)5-4-15(23)21-22/h4-5,9,12,17H,2-3,6-8,10H2,1H3,(H,21,23)(H,18,19,20). The minimum Gasteiger partial charge on any atom is -0.368 e. The van der Waals surface area contributed by atoms with Crippen LogP contribution in [0.4, 0.5) is 5.82 Å². The Morgan fingerprint density at radius 2 is 2.21 bits per heavy atom. The van der Waals surface area contributed by atoms with Crippen molar-refractivity contribution in [1.82, 2.24) is 25.1 Å². The second-order valence-corrected chi connectivity index (χ2v) is 5.99. The Hall–Kier alpha value is -2.48. The van der Waals surface area contributed by atoms with Gasteiger partial charge in [0.25, 0.3) is 11.1 Å². The highest BCUT2D eigenvalue weighted by molar-refractivity contribution is 5.37. The number of anilines is 1. The molecule has 1 unspecified atom stereocenters. The summed E-state index contributed by atoms with van der Waals surface area (Å²) in [4.78, 5) is 31.9. The summed E-state index contributed by atoms with van der Waals surface area (Å²) in [5, 5.41) is 9.11. The molecule has 2 aromatic rings. The number of aromatic nitrogens is 4. The van der Waals surface area contributed by atoms with E-state index < -0.39 is 0 Å². The zero-order valence-electron chi connectivity index (χ0n) is 13.7. The van der Waals surface area contributed by atoms with Crippen LogP contribution in [0.5, 0.6) is 0 Å². The van der Waals surface area contributed by atoms with Gasteiger partial charge in [-0.3, -0.25) is 14.7 Å². The summed E-state index contributed by atoms with van der Waals surface area (Å²) in [6.07, 6.45) is 2.28. The molecule has 1 saturated heterocycles. The van der Waals surface area contributed by atoms with Gasteiger partial charge >= 0.3 is 0 Å². The fraction of sp³-hybridized carbons (Fsp3) is 0.500. The third-order valence-electron chi connectivity index (χ3n) is 4.10. The van der Waals surface area contributed by atoms with E-state index in [0.29, 0.717) is 19.0 Å². The summed E-state index contributed by atoms with van der Waals surface area (Å²) < 4.78 is 1.29. The van der Waals surface area contributed by atoms with Crippen molar-refractivity contribution in [3.05, 3.63) is 50.4 Å². The number of piperidine rings is 1.